The predicted molar refractivity (Wildman–Crippen MR) is 74.2 cm³/mol. The molecule has 1 aliphatic rings. The maximum absolute atomic E-state index is 12.4. The second-order valence-electron chi connectivity index (χ2n) is 5.07. The van der Waals surface area contributed by atoms with E-state index >= 15 is 0 Å². The summed E-state index contributed by atoms with van der Waals surface area (Å²) in [7, 11) is 0. The topological polar surface area (TPSA) is 36.4 Å². The zero-order chi connectivity index (χ0) is 13.3. The van der Waals surface area contributed by atoms with Crippen LogP contribution < -0.4 is 0 Å². The molecule has 1 fully saturated rings. The molecule has 0 atom stereocenters. The number of hydrogen-bond donors (Lipinski definition) is 0. The highest BCUT2D eigenvalue weighted by Gasteiger charge is 2.25. The third kappa shape index (κ3) is 2.72. The summed E-state index contributed by atoms with van der Waals surface area (Å²) >= 11 is 1.51. The van der Waals surface area contributed by atoms with Crippen LogP contribution in [0, 0.1) is 13.8 Å². The Morgan fingerprint density at radius 2 is 1.83 bits per heavy atom. The molecular weight excluding hydrogens is 246 g/mol. The molecule has 0 saturated carbocycles. The maximum atomic E-state index is 12.4. The average molecular weight is 267 g/mol. The van der Waals surface area contributed by atoms with Gasteiger partial charge in [-0.1, -0.05) is 0 Å². The molecule has 18 heavy (non-hydrogen) atoms. The Morgan fingerprint density at radius 3 is 2.28 bits per heavy atom. The minimum Gasteiger partial charge on any atom is -0.335 e. The molecule has 1 amide bonds. The number of rotatable bonds is 2. The molecule has 0 unspecified atom stereocenters. The normalized spacial score (nSPS) is 17.5. The summed E-state index contributed by atoms with van der Waals surface area (Å²) in [6.45, 7) is 11.9. The largest absolute Gasteiger partial charge is 0.335 e. The van der Waals surface area contributed by atoms with Crippen LogP contribution in [0.1, 0.15) is 34.2 Å². The molecule has 0 aromatic carbocycles. The number of hydrogen-bond acceptors (Lipinski definition) is 4. The second-order valence-corrected chi connectivity index (χ2v) is 6.27. The van der Waals surface area contributed by atoms with E-state index in [0.717, 1.165) is 41.8 Å². The van der Waals surface area contributed by atoms with Gasteiger partial charge >= 0.3 is 0 Å². The Labute approximate surface area is 113 Å². The van der Waals surface area contributed by atoms with Crippen molar-refractivity contribution < 1.29 is 4.79 Å². The third-order valence-electron chi connectivity index (χ3n) is 3.43. The van der Waals surface area contributed by atoms with Crippen molar-refractivity contribution >= 4 is 17.2 Å². The first-order valence-electron chi connectivity index (χ1n) is 6.46. The van der Waals surface area contributed by atoms with Gasteiger partial charge in [-0.2, -0.15) is 0 Å². The van der Waals surface area contributed by atoms with Crippen LogP contribution in [0.2, 0.25) is 0 Å². The standard InChI is InChI=1S/C13H21N3OS/c1-9(2)15-5-7-16(8-6-15)13(17)12-10(3)14-11(4)18-12/h9H,5-8H2,1-4H3. The Morgan fingerprint density at radius 1 is 1.22 bits per heavy atom. The Balaban J connectivity index is 2.02. The van der Waals surface area contributed by atoms with Crippen molar-refractivity contribution in [3.05, 3.63) is 15.6 Å². The monoisotopic (exact) mass is 267 g/mol. The number of amides is 1. The van der Waals surface area contributed by atoms with Crippen molar-refractivity contribution in [2.75, 3.05) is 26.2 Å². The van der Waals surface area contributed by atoms with Crippen LogP contribution >= 0.6 is 11.3 Å². The van der Waals surface area contributed by atoms with Gasteiger partial charge in [0.05, 0.1) is 10.7 Å². The zero-order valence-electron chi connectivity index (χ0n) is 11.6. The second kappa shape index (κ2) is 5.36. The molecule has 2 rings (SSSR count). The predicted octanol–water partition coefficient (Wildman–Crippen LogP) is 1.93. The van der Waals surface area contributed by atoms with Crippen LogP contribution in [0.5, 0.6) is 0 Å². The van der Waals surface area contributed by atoms with Gasteiger partial charge < -0.3 is 4.90 Å². The molecule has 4 nitrogen and oxygen atoms in total. The maximum Gasteiger partial charge on any atom is 0.265 e. The summed E-state index contributed by atoms with van der Waals surface area (Å²) in [5, 5.41) is 0.969. The van der Waals surface area contributed by atoms with E-state index in [-0.39, 0.29) is 5.91 Å². The lowest BCUT2D eigenvalue weighted by Crippen LogP contribution is -2.50. The van der Waals surface area contributed by atoms with E-state index in [2.05, 4.69) is 23.7 Å². The van der Waals surface area contributed by atoms with Gasteiger partial charge in [-0.05, 0) is 27.7 Å². The number of piperazine rings is 1. The Bertz CT molecular complexity index is 433. The number of nitrogens with zero attached hydrogens (tertiary/aromatic N) is 3. The zero-order valence-corrected chi connectivity index (χ0v) is 12.4. The molecule has 0 N–H and O–H groups in total. The van der Waals surface area contributed by atoms with E-state index < -0.39 is 0 Å². The van der Waals surface area contributed by atoms with Gasteiger partial charge in [0, 0.05) is 32.2 Å². The summed E-state index contributed by atoms with van der Waals surface area (Å²) in [6, 6.07) is 0.564. The van der Waals surface area contributed by atoms with Crippen molar-refractivity contribution in [3.8, 4) is 0 Å². The Hall–Kier alpha value is -0.940. The van der Waals surface area contributed by atoms with Crippen molar-refractivity contribution in [2.24, 2.45) is 0 Å². The van der Waals surface area contributed by atoms with Crippen molar-refractivity contribution in [1.29, 1.82) is 0 Å². The van der Waals surface area contributed by atoms with Gasteiger partial charge in [-0.25, -0.2) is 4.98 Å². The summed E-state index contributed by atoms with van der Waals surface area (Å²) in [5.41, 5.74) is 0.869. The molecule has 0 spiro atoms. The highest BCUT2D eigenvalue weighted by molar-refractivity contribution is 7.13. The van der Waals surface area contributed by atoms with Crippen LogP contribution in [-0.4, -0.2) is 52.9 Å². The molecule has 1 saturated heterocycles. The van der Waals surface area contributed by atoms with E-state index in [0.29, 0.717) is 6.04 Å². The summed E-state index contributed by atoms with van der Waals surface area (Å²) in [6.07, 6.45) is 0. The van der Waals surface area contributed by atoms with Gasteiger partial charge in [0.25, 0.3) is 5.91 Å². The summed E-state index contributed by atoms with van der Waals surface area (Å²) < 4.78 is 0. The lowest BCUT2D eigenvalue weighted by molar-refractivity contribution is 0.0599. The van der Waals surface area contributed by atoms with E-state index in [1.807, 2.05) is 18.7 Å². The molecule has 1 aliphatic heterocycles. The SMILES string of the molecule is Cc1nc(C)c(C(=O)N2CCN(C(C)C)CC2)s1. The Kier molecular flexibility index (Phi) is 4.02. The molecule has 100 valence electrons. The van der Waals surface area contributed by atoms with Gasteiger partial charge in [-0.15, -0.1) is 11.3 Å². The van der Waals surface area contributed by atoms with Crippen molar-refractivity contribution in [2.45, 2.75) is 33.7 Å². The average Bonchev–Trinajstić information content (AvgIpc) is 2.67. The fourth-order valence-corrected chi connectivity index (χ4v) is 3.20. The van der Waals surface area contributed by atoms with Gasteiger partial charge in [0.2, 0.25) is 0 Å². The summed E-state index contributed by atoms with van der Waals surface area (Å²) in [5.74, 6) is 0.154. The summed E-state index contributed by atoms with van der Waals surface area (Å²) in [4.78, 5) is 21.9. The van der Waals surface area contributed by atoms with Crippen molar-refractivity contribution in [3.63, 3.8) is 0 Å². The quantitative estimate of drug-likeness (QED) is 0.821. The molecule has 0 aliphatic carbocycles. The minimum atomic E-state index is 0.154. The van der Waals surface area contributed by atoms with Crippen LogP contribution in [0.3, 0.4) is 0 Å². The molecule has 2 heterocycles. The minimum absolute atomic E-state index is 0.154. The highest BCUT2D eigenvalue weighted by Crippen LogP contribution is 2.20. The van der Waals surface area contributed by atoms with Crippen LogP contribution in [-0.2, 0) is 0 Å². The van der Waals surface area contributed by atoms with Crippen molar-refractivity contribution in [1.82, 2.24) is 14.8 Å². The van der Waals surface area contributed by atoms with Crippen LogP contribution in [0.25, 0.3) is 0 Å². The molecule has 0 bridgehead atoms. The number of thiazole rings is 1. The fourth-order valence-electron chi connectivity index (χ4n) is 2.31. The number of aromatic nitrogens is 1. The molecule has 1 aromatic rings. The fraction of sp³-hybridized carbons (Fsp3) is 0.692. The first kappa shape index (κ1) is 13.5. The number of carbonyl (C=O) groups excluding carboxylic acids is 1. The first-order valence-corrected chi connectivity index (χ1v) is 7.28. The van der Waals surface area contributed by atoms with Gasteiger partial charge in [0.15, 0.2) is 0 Å². The lowest BCUT2D eigenvalue weighted by atomic mass is 10.2. The van der Waals surface area contributed by atoms with E-state index in [9.17, 15) is 4.79 Å². The number of aryl methyl sites for hydroxylation is 2. The molecule has 1 aromatic heterocycles. The number of carbonyl (C=O) groups is 1. The highest BCUT2D eigenvalue weighted by atomic mass is 32.1. The first-order chi connectivity index (χ1) is 8.49. The molecule has 0 radical (unpaired) electrons. The lowest BCUT2D eigenvalue weighted by Gasteiger charge is -2.36. The van der Waals surface area contributed by atoms with Gasteiger partial charge in [-0.3, -0.25) is 9.69 Å². The van der Waals surface area contributed by atoms with Crippen LogP contribution in [0.15, 0.2) is 0 Å². The van der Waals surface area contributed by atoms with E-state index in [1.54, 1.807) is 0 Å². The molecular formula is C13H21N3OS. The van der Waals surface area contributed by atoms with Gasteiger partial charge in [0.1, 0.15) is 4.88 Å². The molecule has 5 heteroatoms. The van der Waals surface area contributed by atoms with E-state index in [4.69, 9.17) is 0 Å². The van der Waals surface area contributed by atoms with E-state index in [1.165, 1.54) is 11.3 Å². The smallest absolute Gasteiger partial charge is 0.265 e. The van der Waals surface area contributed by atoms with Crippen LogP contribution in [0.4, 0.5) is 0 Å². The third-order valence-corrected chi connectivity index (χ3v) is 4.49.